The highest BCUT2D eigenvalue weighted by Gasteiger charge is 2.19. The first kappa shape index (κ1) is 11.6. The minimum Gasteiger partial charge on any atom is -0.378 e. The minimum absolute atomic E-state index is 0.0992. The van der Waals surface area contributed by atoms with Crippen molar-refractivity contribution in [1.82, 2.24) is 4.90 Å². The van der Waals surface area contributed by atoms with Crippen LogP contribution < -0.4 is 0 Å². The Hall–Kier alpha value is -0.870. The predicted octanol–water partition coefficient (Wildman–Crippen LogP) is 2.23. The van der Waals surface area contributed by atoms with Gasteiger partial charge in [0.15, 0.2) is 0 Å². The van der Waals surface area contributed by atoms with Gasteiger partial charge in [0.05, 0.1) is 13.2 Å². The molecular weight excluding hydrogens is 270 g/mol. The van der Waals surface area contributed by atoms with E-state index in [2.05, 4.69) is 15.9 Å². The van der Waals surface area contributed by atoms with Gasteiger partial charge in [-0.25, -0.2) is 0 Å². The molecule has 0 saturated carbocycles. The number of amides is 1. The summed E-state index contributed by atoms with van der Waals surface area (Å²) in [4.78, 5) is 14.1. The molecule has 1 saturated heterocycles. The molecule has 0 N–H and O–H groups in total. The molecule has 1 fully saturated rings. The van der Waals surface area contributed by atoms with Gasteiger partial charge in [0.1, 0.15) is 0 Å². The first-order chi connectivity index (χ1) is 7.68. The molecule has 0 unspecified atom stereocenters. The predicted molar refractivity (Wildman–Crippen MR) is 65.6 cm³/mol. The third-order valence-corrected chi connectivity index (χ3v) is 3.22. The summed E-state index contributed by atoms with van der Waals surface area (Å²) in [5, 5.41) is 0. The Balaban J connectivity index is 2.22. The van der Waals surface area contributed by atoms with Gasteiger partial charge in [0.25, 0.3) is 5.91 Å². The van der Waals surface area contributed by atoms with Crippen LogP contribution in [0.5, 0.6) is 0 Å². The number of morpholine rings is 1. The molecule has 1 aromatic carbocycles. The second kappa shape index (κ2) is 4.97. The number of hydrogen-bond donors (Lipinski definition) is 0. The summed E-state index contributed by atoms with van der Waals surface area (Å²) in [6.45, 7) is 4.60. The molecule has 16 heavy (non-hydrogen) atoms. The maximum Gasteiger partial charge on any atom is 0.254 e. The molecule has 0 spiro atoms. The molecule has 0 radical (unpaired) electrons. The van der Waals surface area contributed by atoms with Crippen molar-refractivity contribution in [2.45, 2.75) is 6.92 Å². The Morgan fingerprint density at radius 2 is 2.06 bits per heavy atom. The number of benzene rings is 1. The second-order valence-electron chi connectivity index (χ2n) is 3.86. The van der Waals surface area contributed by atoms with Crippen LogP contribution in [-0.4, -0.2) is 37.1 Å². The van der Waals surface area contributed by atoms with Crippen LogP contribution in [0.25, 0.3) is 0 Å². The summed E-state index contributed by atoms with van der Waals surface area (Å²) in [5.41, 5.74) is 1.79. The standard InChI is InChI=1S/C12H14BrNO2/c1-9-2-3-10(13)8-11(9)12(15)14-4-6-16-7-5-14/h2-3,8H,4-7H2,1H3. The van der Waals surface area contributed by atoms with Crippen molar-refractivity contribution in [3.05, 3.63) is 33.8 Å². The van der Waals surface area contributed by atoms with Crippen molar-refractivity contribution in [1.29, 1.82) is 0 Å². The largest absolute Gasteiger partial charge is 0.378 e. The number of aryl methyl sites for hydroxylation is 1. The van der Waals surface area contributed by atoms with Crippen LogP contribution in [0.2, 0.25) is 0 Å². The average Bonchev–Trinajstić information content (AvgIpc) is 2.32. The third-order valence-electron chi connectivity index (χ3n) is 2.73. The van der Waals surface area contributed by atoms with Gasteiger partial charge >= 0.3 is 0 Å². The highest BCUT2D eigenvalue weighted by atomic mass is 79.9. The van der Waals surface area contributed by atoms with Gasteiger partial charge in [0.2, 0.25) is 0 Å². The Kier molecular flexibility index (Phi) is 3.61. The van der Waals surface area contributed by atoms with E-state index in [-0.39, 0.29) is 5.91 Å². The molecule has 4 heteroatoms. The van der Waals surface area contributed by atoms with Crippen LogP contribution in [-0.2, 0) is 4.74 Å². The van der Waals surface area contributed by atoms with Crippen LogP contribution >= 0.6 is 15.9 Å². The first-order valence-corrected chi connectivity index (χ1v) is 6.11. The van der Waals surface area contributed by atoms with Gasteiger partial charge in [-0.1, -0.05) is 22.0 Å². The van der Waals surface area contributed by atoms with E-state index < -0.39 is 0 Å². The van der Waals surface area contributed by atoms with E-state index in [0.717, 1.165) is 15.6 Å². The molecule has 0 atom stereocenters. The number of carbonyl (C=O) groups is 1. The number of nitrogens with zero attached hydrogens (tertiary/aromatic N) is 1. The SMILES string of the molecule is Cc1ccc(Br)cc1C(=O)N1CCOCC1. The van der Waals surface area contributed by atoms with Crippen LogP contribution in [0.3, 0.4) is 0 Å². The Labute approximate surface area is 104 Å². The number of ether oxygens (including phenoxy) is 1. The van der Waals surface area contributed by atoms with Gasteiger partial charge in [0, 0.05) is 23.1 Å². The molecule has 0 aliphatic carbocycles. The van der Waals surface area contributed by atoms with Gasteiger partial charge in [-0.15, -0.1) is 0 Å². The molecule has 1 aromatic rings. The van der Waals surface area contributed by atoms with E-state index >= 15 is 0 Å². The molecule has 2 rings (SSSR count). The molecule has 1 aliphatic rings. The van der Waals surface area contributed by atoms with Crippen molar-refractivity contribution >= 4 is 21.8 Å². The maximum atomic E-state index is 12.2. The lowest BCUT2D eigenvalue weighted by Gasteiger charge is -2.27. The molecule has 86 valence electrons. The molecular formula is C12H14BrNO2. The Morgan fingerprint density at radius 3 is 2.75 bits per heavy atom. The summed E-state index contributed by atoms with van der Waals surface area (Å²) in [7, 11) is 0. The van der Waals surface area contributed by atoms with E-state index in [1.807, 2.05) is 30.0 Å². The quantitative estimate of drug-likeness (QED) is 0.791. The summed E-state index contributed by atoms with van der Waals surface area (Å²) < 4.78 is 6.18. The van der Waals surface area contributed by atoms with E-state index in [9.17, 15) is 4.79 Å². The first-order valence-electron chi connectivity index (χ1n) is 5.31. The molecule has 1 heterocycles. The third kappa shape index (κ3) is 2.44. The normalized spacial score (nSPS) is 16.2. The fourth-order valence-corrected chi connectivity index (χ4v) is 2.12. The van der Waals surface area contributed by atoms with Gasteiger partial charge < -0.3 is 9.64 Å². The zero-order chi connectivity index (χ0) is 11.5. The summed E-state index contributed by atoms with van der Waals surface area (Å²) in [6.07, 6.45) is 0. The van der Waals surface area contributed by atoms with Crippen molar-refractivity contribution in [3.63, 3.8) is 0 Å². The lowest BCUT2D eigenvalue weighted by molar-refractivity contribution is 0.0302. The summed E-state index contributed by atoms with van der Waals surface area (Å²) in [6, 6.07) is 5.79. The second-order valence-corrected chi connectivity index (χ2v) is 4.78. The lowest BCUT2D eigenvalue weighted by Crippen LogP contribution is -2.40. The topological polar surface area (TPSA) is 29.5 Å². The zero-order valence-corrected chi connectivity index (χ0v) is 10.8. The van der Waals surface area contributed by atoms with E-state index in [0.29, 0.717) is 26.3 Å². The Morgan fingerprint density at radius 1 is 1.38 bits per heavy atom. The average molecular weight is 284 g/mol. The van der Waals surface area contributed by atoms with Crippen molar-refractivity contribution in [2.24, 2.45) is 0 Å². The van der Waals surface area contributed by atoms with Gasteiger partial charge in [-0.3, -0.25) is 4.79 Å². The molecule has 0 aromatic heterocycles. The highest BCUT2D eigenvalue weighted by Crippen LogP contribution is 2.18. The zero-order valence-electron chi connectivity index (χ0n) is 9.20. The molecule has 1 amide bonds. The van der Waals surface area contributed by atoms with Crippen LogP contribution in [0.4, 0.5) is 0 Å². The van der Waals surface area contributed by atoms with Gasteiger partial charge in [-0.2, -0.15) is 0 Å². The minimum atomic E-state index is 0.0992. The maximum absolute atomic E-state index is 12.2. The molecule has 1 aliphatic heterocycles. The fourth-order valence-electron chi connectivity index (χ4n) is 1.76. The van der Waals surface area contributed by atoms with E-state index in [1.54, 1.807) is 0 Å². The van der Waals surface area contributed by atoms with E-state index in [4.69, 9.17) is 4.74 Å². The number of rotatable bonds is 1. The van der Waals surface area contributed by atoms with Crippen LogP contribution in [0, 0.1) is 6.92 Å². The fraction of sp³-hybridized carbons (Fsp3) is 0.417. The van der Waals surface area contributed by atoms with Crippen LogP contribution in [0.1, 0.15) is 15.9 Å². The van der Waals surface area contributed by atoms with Crippen molar-refractivity contribution in [2.75, 3.05) is 26.3 Å². The number of hydrogen-bond acceptors (Lipinski definition) is 2. The summed E-state index contributed by atoms with van der Waals surface area (Å²) >= 11 is 3.39. The highest BCUT2D eigenvalue weighted by molar-refractivity contribution is 9.10. The van der Waals surface area contributed by atoms with Crippen molar-refractivity contribution < 1.29 is 9.53 Å². The number of carbonyl (C=O) groups excluding carboxylic acids is 1. The molecule has 3 nitrogen and oxygen atoms in total. The smallest absolute Gasteiger partial charge is 0.254 e. The van der Waals surface area contributed by atoms with Gasteiger partial charge in [-0.05, 0) is 24.6 Å². The Bertz CT molecular complexity index is 400. The molecule has 0 bridgehead atoms. The van der Waals surface area contributed by atoms with Crippen LogP contribution in [0.15, 0.2) is 22.7 Å². The lowest BCUT2D eigenvalue weighted by atomic mass is 10.1. The van der Waals surface area contributed by atoms with E-state index in [1.165, 1.54) is 0 Å². The summed E-state index contributed by atoms with van der Waals surface area (Å²) in [5.74, 6) is 0.0992. The van der Waals surface area contributed by atoms with Crippen molar-refractivity contribution in [3.8, 4) is 0 Å². The monoisotopic (exact) mass is 283 g/mol. The number of halogens is 1.